The number of carbonyl (C=O) groups excluding carboxylic acids is 1. The maximum atomic E-state index is 12.6. The summed E-state index contributed by atoms with van der Waals surface area (Å²) in [6, 6.07) is 12.9. The van der Waals surface area contributed by atoms with Crippen LogP contribution in [0.4, 0.5) is 5.69 Å². The highest BCUT2D eigenvalue weighted by Crippen LogP contribution is 2.31. The molecule has 0 N–H and O–H groups in total. The van der Waals surface area contributed by atoms with E-state index >= 15 is 0 Å². The number of hydrogen-bond acceptors (Lipinski definition) is 4. The minimum Gasteiger partial charge on any atom is -0.379 e. The largest absolute Gasteiger partial charge is 0.379 e. The SMILES string of the molecule is Cc1ccc(-c2ccc3c(c2)COCC(=O)N3CCN2CCOCC2)cc1C. The molecule has 2 aliphatic rings. The molecule has 0 unspecified atom stereocenters. The molecular formula is C23H28N2O3. The minimum atomic E-state index is 0.0333. The van der Waals surface area contributed by atoms with Gasteiger partial charge >= 0.3 is 0 Å². The Labute approximate surface area is 166 Å². The third-order valence-electron chi connectivity index (χ3n) is 5.74. The molecule has 1 saturated heterocycles. The highest BCUT2D eigenvalue weighted by Gasteiger charge is 2.24. The molecule has 0 radical (unpaired) electrons. The van der Waals surface area contributed by atoms with Crippen molar-refractivity contribution in [2.24, 2.45) is 0 Å². The monoisotopic (exact) mass is 380 g/mol. The lowest BCUT2D eigenvalue weighted by molar-refractivity contribution is -0.123. The summed E-state index contributed by atoms with van der Waals surface area (Å²) < 4.78 is 11.1. The first-order chi connectivity index (χ1) is 13.6. The fraction of sp³-hybridized carbons (Fsp3) is 0.435. The first-order valence-corrected chi connectivity index (χ1v) is 10.0. The summed E-state index contributed by atoms with van der Waals surface area (Å²) in [6.07, 6.45) is 0. The van der Waals surface area contributed by atoms with Gasteiger partial charge in [-0.05, 0) is 48.2 Å². The fourth-order valence-electron chi connectivity index (χ4n) is 3.84. The van der Waals surface area contributed by atoms with E-state index in [9.17, 15) is 4.79 Å². The average Bonchev–Trinajstić information content (AvgIpc) is 2.87. The molecule has 28 heavy (non-hydrogen) atoms. The molecule has 2 heterocycles. The van der Waals surface area contributed by atoms with Crippen LogP contribution in [-0.4, -0.2) is 56.8 Å². The number of rotatable bonds is 4. The van der Waals surface area contributed by atoms with Crippen LogP contribution in [0.25, 0.3) is 11.1 Å². The van der Waals surface area contributed by atoms with Gasteiger partial charge in [0.1, 0.15) is 6.61 Å². The van der Waals surface area contributed by atoms with Gasteiger partial charge in [0, 0.05) is 37.4 Å². The lowest BCUT2D eigenvalue weighted by Gasteiger charge is -2.30. The number of fused-ring (bicyclic) bond motifs is 1. The van der Waals surface area contributed by atoms with Gasteiger partial charge in [-0.25, -0.2) is 0 Å². The number of nitrogens with zero attached hydrogens (tertiary/aromatic N) is 2. The van der Waals surface area contributed by atoms with Crippen LogP contribution in [0.15, 0.2) is 36.4 Å². The summed E-state index contributed by atoms with van der Waals surface area (Å²) >= 11 is 0. The van der Waals surface area contributed by atoms with Gasteiger partial charge in [-0.2, -0.15) is 0 Å². The maximum Gasteiger partial charge on any atom is 0.253 e. The van der Waals surface area contributed by atoms with Crippen molar-refractivity contribution < 1.29 is 14.3 Å². The number of amides is 1. The van der Waals surface area contributed by atoms with Gasteiger partial charge in [-0.3, -0.25) is 9.69 Å². The third-order valence-corrected chi connectivity index (χ3v) is 5.74. The van der Waals surface area contributed by atoms with E-state index in [4.69, 9.17) is 9.47 Å². The predicted molar refractivity (Wildman–Crippen MR) is 111 cm³/mol. The molecule has 0 spiro atoms. The number of benzene rings is 2. The van der Waals surface area contributed by atoms with Crippen molar-refractivity contribution in [1.82, 2.24) is 4.90 Å². The van der Waals surface area contributed by atoms with Crippen LogP contribution >= 0.6 is 0 Å². The molecule has 2 aromatic carbocycles. The maximum absolute atomic E-state index is 12.6. The Hall–Kier alpha value is -2.21. The number of anilines is 1. The Kier molecular flexibility index (Phi) is 5.76. The minimum absolute atomic E-state index is 0.0333. The average molecular weight is 380 g/mol. The number of hydrogen-bond donors (Lipinski definition) is 0. The molecule has 0 atom stereocenters. The van der Waals surface area contributed by atoms with Crippen LogP contribution in [0.5, 0.6) is 0 Å². The number of morpholine rings is 1. The molecule has 0 saturated carbocycles. The molecule has 5 heteroatoms. The van der Waals surface area contributed by atoms with Gasteiger partial charge in [-0.1, -0.05) is 24.3 Å². The molecule has 1 amide bonds. The standard InChI is InChI=1S/C23H28N2O3/c1-17-3-4-19(13-18(17)2)20-5-6-22-21(14-20)15-28-16-23(26)25(22)8-7-24-9-11-27-12-10-24/h3-6,13-14H,7-12,15-16H2,1-2H3. The zero-order valence-corrected chi connectivity index (χ0v) is 16.7. The lowest BCUT2D eigenvalue weighted by atomic mass is 9.98. The summed E-state index contributed by atoms with van der Waals surface area (Å²) in [7, 11) is 0. The van der Waals surface area contributed by atoms with Crippen LogP contribution in [0.2, 0.25) is 0 Å². The van der Waals surface area contributed by atoms with Crippen molar-refractivity contribution in [1.29, 1.82) is 0 Å². The second kappa shape index (κ2) is 8.43. The zero-order chi connectivity index (χ0) is 19.5. The van der Waals surface area contributed by atoms with Crippen LogP contribution in [-0.2, 0) is 20.9 Å². The van der Waals surface area contributed by atoms with Crippen molar-refractivity contribution in [2.45, 2.75) is 20.5 Å². The molecule has 2 aliphatic heterocycles. The van der Waals surface area contributed by atoms with E-state index in [1.807, 2.05) is 4.90 Å². The number of carbonyl (C=O) groups is 1. The van der Waals surface area contributed by atoms with Crippen LogP contribution in [0, 0.1) is 13.8 Å². The van der Waals surface area contributed by atoms with Gasteiger partial charge in [0.25, 0.3) is 5.91 Å². The van der Waals surface area contributed by atoms with Crippen LogP contribution in [0.1, 0.15) is 16.7 Å². The Morgan fingerprint density at radius 2 is 1.61 bits per heavy atom. The van der Waals surface area contributed by atoms with Gasteiger partial charge < -0.3 is 14.4 Å². The molecule has 148 valence electrons. The summed E-state index contributed by atoms with van der Waals surface area (Å²) in [4.78, 5) is 16.9. The van der Waals surface area contributed by atoms with Crippen LogP contribution in [0.3, 0.4) is 0 Å². The van der Waals surface area contributed by atoms with E-state index in [1.165, 1.54) is 16.7 Å². The number of ether oxygens (including phenoxy) is 2. The molecule has 1 fully saturated rings. The van der Waals surface area contributed by atoms with E-state index in [0.29, 0.717) is 13.2 Å². The van der Waals surface area contributed by atoms with Crippen LogP contribution < -0.4 is 4.90 Å². The van der Waals surface area contributed by atoms with Gasteiger partial charge in [0.2, 0.25) is 0 Å². The van der Waals surface area contributed by atoms with Gasteiger partial charge in [0.05, 0.1) is 19.8 Å². The Morgan fingerprint density at radius 3 is 2.39 bits per heavy atom. The molecule has 5 nitrogen and oxygen atoms in total. The Balaban J connectivity index is 1.58. The highest BCUT2D eigenvalue weighted by atomic mass is 16.5. The van der Waals surface area contributed by atoms with E-state index < -0.39 is 0 Å². The molecule has 4 rings (SSSR count). The van der Waals surface area contributed by atoms with E-state index in [-0.39, 0.29) is 12.5 Å². The third kappa shape index (κ3) is 4.12. The first kappa shape index (κ1) is 19.1. The smallest absolute Gasteiger partial charge is 0.253 e. The second-order valence-corrected chi connectivity index (χ2v) is 7.63. The predicted octanol–water partition coefficient (Wildman–Crippen LogP) is 3.17. The summed E-state index contributed by atoms with van der Waals surface area (Å²) in [5, 5.41) is 0. The quantitative estimate of drug-likeness (QED) is 0.817. The topological polar surface area (TPSA) is 42.0 Å². The van der Waals surface area contributed by atoms with Crippen molar-refractivity contribution in [3.05, 3.63) is 53.1 Å². The normalized spacial score (nSPS) is 18.1. The highest BCUT2D eigenvalue weighted by molar-refractivity contribution is 5.96. The second-order valence-electron chi connectivity index (χ2n) is 7.63. The van der Waals surface area contributed by atoms with Crippen molar-refractivity contribution in [3.8, 4) is 11.1 Å². The first-order valence-electron chi connectivity index (χ1n) is 10.0. The molecular weight excluding hydrogens is 352 g/mol. The molecule has 0 aliphatic carbocycles. The summed E-state index contributed by atoms with van der Waals surface area (Å²) in [6.45, 7) is 9.80. The van der Waals surface area contributed by atoms with Crippen molar-refractivity contribution in [3.63, 3.8) is 0 Å². The van der Waals surface area contributed by atoms with Gasteiger partial charge in [-0.15, -0.1) is 0 Å². The zero-order valence-electron chi connectivity index (χ0n) is 16.7. The fourth-order valence-corrected chi connectivity index (χ4v) is 3.84. The van der Waals surface area contributed by atoms with E-state index in [0.717, 1.165) is 49.7 Å². The van der Waals surface area contributed by atoms with Crippen molar-refractivity contribution >= 4 is 11.6 Å². The van der Waals surface area contributed by atoms with E-state index in [1.54, 1.807) is 0 Å². The van der Waals surface area contributed by atoms with Gasteiger partial charge in [0.15, 0.2) is 0 Å². The lowest BCUT2D eigenvalue weighted by Crippen LogP contribution is -2.43. The summed E-state index contributed by atoms with van der Waals surface area (Å²) in [5.41, 5.74) is 6.98. The summed E-state index contributed by atoms with van der Waals surface area (Å²) in [5.74, 6) is 0.0333. The van der Waals surface area contributed by atoms with Crippen molar-refractivity contribution in [2.75, 3.05) is 50.9 Å². The molecule has 2 aromatic rings. The Morgan fingerprint density at radius 1 is 0.857 bits per heavy atom. The number of aryl methyl sites for hydroxylation is 2. The Bertz CT molecular complexity index is 859. The van der Waals surface area contributed by atoms with E-state index in [2.05, 4.69) is 55.1 Å². The molecule has 0 bridgehead atoms. The molecule has 0 aromatic heterocycles.